The van der Waals surface area contributed by atoms with E-state index < -0.39 is 11.9 Å². The number of aromatic amines is 1. The molecule has 0 radical (unpaired) electrons. The van der Waals surface area contributed by atoms with Crippen molar-refractivity contribution in [2.45, 2.75) is 64.8 Å². The molecule has 5 heteroatoms. The highest BCUT2D eigenvalue weighted by Crippen LogP contribution is 2.43. The molecule has 3 rings (SSSR count). The number of ether oxygens (including phenoxy) is 2. The van der Waals surface area contributed by atoms with Crippen molar-refractivity contribution in [3.05, 3.63) is 40.8 Å². The number of fused-ring (bicyclic) bond motifs is 3. The molecule has 27 heavy (non-hydrogen) atoms. The number of rotatable bonds is 7. The van der Waals surface area contributed by atoms with Crippen molar-refractivity contribution in [2.24, 2.45) is 0 Å². The number of nitrogens with one attached hydrogen (secondary N) is 1. The van der Waals surface area contributed by atoms with Gasteiger partial charge in [0.1, 0.15) is 5.60 Å². The van der Waals surface area contributed by atoms with Crippen molar-refractivity contribution in [2.75, 3.05) is 13.2 Å². The minimum atomic E-state index is -0.824. The van der Waals surface area contributed by atoms with E-state index >= 15 is 0 Å². The Hall–Kier alpha value is -1.82. The Kier molecular flexibility index (Phi) is 5.94. The third-order valence-corrected chi connectivity index (χ3v) is 5.50. The number of H-pyrrole nitrogens is 1. The lowest BCUT2D eigenvalue weighted by molar-refractivity contribution is -0.0795. The average Bonchev–Trinajstić information content (AvgIpc) is 3.01. The van der Waals surface area contributed by atoms with Crippen molar-refractivity contribution < 1.29 is 19.7 Å². The highest BCUT2D eigenvalue weighted by molar-refractivity contribution is 5.90. The lowest BCUT2D eigenvalue weighted by Crippen LogP contribution is -2.36. The van der Waals surface area contributed by atoms with E-state index in [1.54, 1.807) is 13.2 Å². The van der Waals surface area contributed by atoms with Gasteiger partial charge in [-0.2, -0.15) is 0 Å². The third kappa shape index (κ3) is 3.77. The van der Waals surface area contributed by atoms with E-state index in [9.17, 15) is 10.2 Å². The van der Waals surface area contributed by atoms with Crippen LogP contribution in [0.5, 0.6) is 0 Å². The maximum Gasteiger partial charge on any atom is 0.193 e. The number of hydrogen-bond donors (Lipinski definition) is 3. The maximum atomic E-state index is 9.61. The number of aromatic nitrogens is 1. The van der Waals surface area contributed by atoms with Gasteiger partial charge in [0.25, 0.3) is 0 Å². The first-order valence-electron chi connectivity index (χ1n) is 9.85. The Balaban J connectivity index is 2.17. The number of benzene rings is 1. The molecule has 0 bridgehead atoms. The predicted molar refractivity (Wildman–Crippen MR) is 108 cm³/mol. The van der Waals surface area contributed by atoms with Crippen LogP contribution >= 0.6 is 0 Å². The van der Waals surface area contributed by atoms with E-state index in [0.29, 0.717) is 18.9 Å². The van der Waals surface area contributed by atoms with Crippen LogP contribution in [-0.2, 0) is 21.5 Å². The van der Waals surface area contributed by atoms with E-state index in [0.717, 1.165) is 29.6 Å². The van der Waals surface area contributed by atoms with Gasteiger partial charge in [-0.15, -0.1) is 0 Å². The van der Waals surface area contributed by atoms with Crippen molar-refractivity contribution >= 4 is 17.0 Å². The van der Waals surface area contributed by atoms with Gasteiger partial charge < -0.3 is 24.7 Å². The molecule has 2 heterocycles. The van der Waals surface area contributed by atoms with E-state index in [4.69, 9.17) is 9.47 Å². The molecule has 2 atom stereocenters. The second-order valence-electron chi connectivity index (χ2n) is 7.62. The second kappa shape index (κ2) is 8.05. The van der Waals surface area contributed by atoms with Crippen LogP contribution in [0.25, 0.3) is 17.0 Å². The van der Waals surface area contributed by atoms with Crippen molar-refractivity contribution in [1.29, 1.82) is 0 Å². The minimum absolute atomic E-state index is 0.102. The number of aliphatic hydroxyl groups excluding tert-OH is 2. The monoisotopic (exact) mass is 373 g/mol. The molecule has 0 aliphatic carbocycles. The minimum Gasteiger partial charge on any atom is -0.473 e. The molecular weight excluding hydrogens is 342 g/mol. The largest absolute Gasteiger partial charge is 0.473 e. The Morgan fingerprint density at radius 3 is 2.74 bits per heavy atom. The summed E-state index contributed by atoms with van der Waals surface area (Å²) in [6.45, 7) is 8.83. The van der Waals surface area contributed by atoms with Gasteiger partial charge in [0, 0.05) is 23.9 Å². The fourth-order valence-corrected chi connectivity index (χ4v) is 4.09. The zero-order valence-electron chi connectivity index (χ0n) is 16.7. The van der Waals surface area contributed by atoms with Crippen LogP contribution in [0.15, 0.2) is 18.4 Å². The lowest BCUT2D eigenvalue weighted by atomic mass is 9.86. The summed E-state index contributed by atoms with van der Waals surface area (Å²) in [7, 11) is 0. The fourth-order valence-electron chi connectivity index (χ4n) is 4.09. The first-order chi connectivity index (χ1) is 12.9. The number of aliphatic hydroxyl groups is 2. The number of hydrogen-bond acceptors (Lipinski definition) is 4. The molecule has 0 saturated heterocycles. The van der Waals surface area contributed by atoms with E-state index in [1.807, 2.05) is 6.08 Å². The second-order valence-corrected chi connectivity index (χ2v) is 7.62. The molecule has 5 nitrogen and oxygen atoms in total. The van der Waals surface area contributed by atoms with Gasteiger partial charge >= 0.3 is 0 Å². The molecule has 1 aromatic heterocycles. The van der Waals surface area contributed by atoms with Crippen LogP contribution in [-0.4, -0.2) is 34.7 Å². The fraction of sp³-hybridized carbons (Fsp3) is 0.545. The molecule has 0 fully saturated rings. The smallest absolute Gasteiger partial charge is 0.193 e. The molecule has 0 amide bonds. The summed E-state index contributed by atoms with van der Waals surface area (Å²) >= 11 is 0. The van der Waals surface area contributed by atoms with Crippen molar-refractivity contribution in [3.63, 3.8) is 0 Å². The van der Waals surface area contributed by atoms with Crippen molar-refractivity contribution in [1.82, 2.24) is 4.98 Å². The van der Waals surface area contributed by atoms with Gasteiger partial charge in [-0.05, 0) is 60.6 Å². The quantitative estimate of drug-likeness (QED) is 0.503. The summed E-state index contributed by atoms with van der Waals surface area (Å²) in [5.74, 6) is 0.355. The zero-order chi connectivity index (χ0) is 19.6. The lowest BCUT2D eigenvalue weighted by Gasteiger charge is -2.36. The van der Waals surface area contributed by atoms with Crippen LogP contribution < -0.4 is 0 Å². The molecule has 0 spiro atoms. The maximum absolute atomic E-state index is 9.61. The summed E-state index contributed by atoms with van der Waals surface area (Å²) in [6, 6.07) is 4.33. The summed E-state index contributed by atoms with van der Waals surface area (Å²) in [5.41, 5.74) is 5.41. The predicted octanol–water partition coefficient (Wildman–Crippen LogP) is 4.18. The standard InChI is InChI=1S/C22H31NO4/c1-5-22(8-9-24)21-17(7-11-27-22)19-13-16(6-10-26-15(4)25)12-18(14(2)3)20(19)23-21/h6,10,12-15,23-25H,5,7-9,11H2,1-4H3/b10-6+. The van der Waals surface area contributed by atoms with E-state index in [1.165, 1.54) is 16.5 Å². The Labute approximate surface area is 161 Å². The highest BCUT2D eigenvalue weighted by atomic mass is 16.6. The van der Waals surface area contributed by atoms with Gasteiger partial charge in [0.2, 0.25) is 0 Å². The first kappa shape index (κ1) is 19.9. The topological polar surface area (TPSA) is 74.7 Å². The molecule has 1 aromatic carbocycles. The third-order valence-electron chi connectivity index (χ3n) is 5.50. The summed E-state index contributed by atoms with van der Waals surface area (Å²) in [5, 5.41) is 20.1. The van der Waals surface area contributed by atoms with Gasteiger partial charge in [0.05, 0.1) is 18.6 Å². The van der Waals surface area contributed by atoms with Crippen LogP contribution in [0.3, 0.4) is 0 Å². The summed E-state index contributed by atoms with van der Waals surface area (Å²) in [4.78, 5) is 3.66. The van der Waals surface area contributed by atoms with Crippen LogP contribution in [0.2, 0.25) is 0 Å². The van der Waals surface area contributed by atoms with Gasteiger partial charge in [-0.25, -0.2) is 0 Å². The zero-order valence-corrected chi connectivity index (χ0v) is 16.7. The summed E-state index contributed by atoms with van der Waals surface area (Å²) in [6.07, 6.45) is 4.87. The van der Waals surface area contributed by atoms with Crippen molar-refractivity contribution in [3.8, 4) is 0 Å². The molecule has 1 aliphatic rings. The Morgan fingerprint density at radius 2 is 2.11 bits per heavy atom. The van der Waals surface area contributed by atoms with Crippen LogP contribution in [0.4, 0.5) is 0 Å². The van der Waals surface area contributed by atoms with E-state index in [-0.39, 0.29) is 6.61 Å². The van der Waals surface area contributed by atoms with Crippen LogP contribution in [0, 0.1) is 0 Å². The average molecular weight is 373 g/mol. The SMILES string of the molecule is CCC1(CCO)OCCc2c1[nH]c1c(C(C)C)cc(/C=C/OC(C)O)cc21. The molecule has 1 aliphatic heterocycles. The Bertz CT molecular complexity index is 821. The first-order valence-corrected chi connectivity index (χ1v) is 9.85. The normalized spacial score (nSPS) is 21.1. The molecule has 3 N–H and O–H groups in total. The summed E-state index contributed by atoms with van der Waals surface area (Å²) < 4.78 is 11.3. The molecule has 2 unspecified atom stereocenters. The highest BCUT2D eigenvalue weighted by Gasteiger charge is 2.38. The molecular formula is C22H31NO4. The molecule has 148 valence electrons. The molecule has 0 saturated carbocycles. The van der Waals surface area contributed by atoms with Gasteiger partial charge in [-0.3, -0.25) is 0 Å². The molecule has 2 aromatic rings. The Morgan fingerprint density at radius 1 is 1.33 bits per heavy atom. The van der Waals surface area contributed by atoms with E-state index in [2.05, 4.69) is 37.9 Å². The van der Waals surface area contributed by atoms with Gasteiger partial charge in [0.15, 0.2) is 6.29 Å². The van der Waals surface area contributed by atoms with Gasteiger partial charge in [-0.1, -0.05) is 20.8 Å². The van der Waals surface area contributed by atoms with Crippen LogP contribution in [0.1, 0.15) is 68.8 Å².